The summed E-state index contributed by atoms with van der Waals surface area (Å²) in [4.78, 5) is 12.1. The minimum atomic E-state index is -0.261. The van der Waals surface area contributed by atoms with Crippen LogP contribution in [0.15, 0.2) is 21.3 Å². The van der Waals surface area contributed by atoms with Gasteiger partial charge in [-0.25, -0.2) is 0 Å². The zero-order chi connectivity index (χ0) is 14.7. The molecule has 4 rings (SSSR count). The summed E-state index contributed by atoms with van der Waals surface area (Å²) < 4.78 is 5.76. The van der Waals surface area contributed by atoms with Crippen LogP contribution in [0.5, 0.6) is 5.75 Å². The summed E-state index contributed by atoms with van der Waals surface area (Å²) in [5, 5.41) is 20.6. The monoisotopic (exact) mass is 286 g/mol. The fraction of sp³-hybridized carbons (Fsp3) is 0.471. The molecule has 2 N–H and O–H groups in total. The lowest BCUT2D eigenvalue weighted by atomic mass is 9.76. The average Bonchev–Trinajstić information content (AvgIpc) is 2.77. The number of hydrogen-bond acceptors (Lipinski definition) is 4. The number of rotatable bonds is 0. The highest BCUT2D eigenvalue weighted by molar-refractivity contribution is 5.87. The van der Waals surface area contributed by atoms with Gasteiger partial charge in [-0.05, 0) is 61.6 Å². The molecule has 2 aliphatic rings. The third-order valence-electron chi connectivity index (χ3n) is 5.15. The van der Waals surface area contributed by atoms with Crippen LogP contribution in [0.4, 0.5) is 0 Å². The summed E-state index contributed by atoms with van der Waals surface area (Å²) in [6.45, 7) is 1.74. The highest BCUT2D eigenvalue weighted by atomic mass is 16.3. The van der Waals surface area contributed by atoms with Crippen molar-refractivity contribution in [1.29, 1.82) is 0 Å². The summed E-state index contributed by atoms with van der Waals surface area (Å²) in [6.07, 6.45) is 3.18. The van der Waals surface area contributed by atoms with Gasteiger partial charge in [-0.3, -0.25) is 4.79 Å². The van der Waals surface area contributed by atoms with Gasteiger partial charge in [0.05, 0.1) is 6.10 Å². The average molecular weight is 286 g/mol. The zero-order valence-electron chi connectivity index (χ0n) is 11.9. The van der Waals surface area contributed by atoms with Crippen molar-refractivity contribution in [2.24, 2.45) is 11.8 Å². The lowest BCUT2D eigenvalue weighted by Gasteiger charge is -2.29. The molecule has 21 heavy (non-hydrogen) atoms. The second-order valence-electron chi connectivity index (χ2n) is 6.44. The summed E-state index contributed by atoms with van der Waals surface area (Å²) in [5.41, 5.74) is 2.35. The minimum Gasteiger partial charge on any atom is -0.507 e. The highest BCUT2D eigenvalue weighted by Gasteiger charge is 2.39. The van der Waals surface area contributed by atoms with Gasteiger partial charge in [0.25, 0.3) is 0 Å². The van der Waals surface area contributed by atoms with Crippen LogP contribution in [0.25, 0.3) is 11.0 Å². The topological polar surface area (TPSA) is 70.7 Å². The van der Waals surface area contributed by atoms with Crippen LogP contribution < -0.4 is 5.43 Å². The quantitative estimate of drug-likeness (QED) is 0.779. The van der Waals surface area contributed by atoms with Crippen molar-refractivity contribution < 1.29 is 14.6 Å². The van der Waals surface area contributed by atoms with Gasteiger partial charge in [0.15, 0.2) is 5.43 Å². The Morgan fingerprint density at radius 3 is 2.86 bits per heavy atom. The summed E-state index contributed by atoms with van der Waals surface area (Å²) in [5.74, 6) is 1.28. The first kappa shape index (κ1) is 12.9. The number of phenols is 1. The van der Waals surface area contributed by atoms with Gasteiger partial charge >= 0.3 is 0 Å². The molecule has 3 unspecified atom stereocenters. The van der Waals surface area contributed by atoms with Gasteiger partial charge in [0.2, 0.25) is 0 Å². The number of hydrogen-bond donors (Lipinski definition) is 2. The molecule has 0 bridgehead atoms. The second kappa shape index (κ2) is 4.34. The van der Waals surface area contributed by atoms with Gasteiger partial charge in [-0.2, -0.15) is 0 Å². The van der Waals surface area contributed by atoms with Gasteiger partial charge < -0.3 is 14.6 Å². The van der Waals surface area contributed by atoms with E-state index in [2.05, 4.69) is 0 Å². The van der Waals surface area contributed by atoms with Crippen LogP contribution in [0.3, 0.4) is 0 Å². The van der Waals surface area contributed by atoms with Crippen LogP contribution >= 0.6 is 0 Å². The molecule has 1 saturated carbocycles. The molecule has 0 aliphatic heterocycles. The van der Waals surface area contributed by atoms with Crippen molar-refractivity contribution in [3.05, 3.63) is 39.2 Å². The van der Waals surface area contributed by atoms with Crippen LogP contribution in [-0.4, -0.2) is 16.3 Å². The molecule has 0 spiro atoms. The summed E-state index contributed by atoms with van der Waals surface area (Å²) in [6, 6.07) is 3.12. The molecule has 3 atom stereocenters. The van der Waals surface area contributed by atoms with E-state index in [1.54, 1.807) is 13.0 Å². The molecule has 1 heterocycles. The van der Waals surface area contributed by atoms with E-state index in [9.17, 15) is 15.0 Å². The first-order valence-electron chi connectivity index (χ1n) is 7.51. The van der Waals surface area contributed by atoms with Crippen molar-refractivity contribution >= 4 is 11.0 Å². The van der Waals surface area contributed by atoms with Crippen molar-refractivity contribution in [3.8, 4) is 5.75 Å². The zero-order valence-corrected chi connectivity index (χ0v) is 11.9. The third-order valence-corrected chi connectivity index (χ3v) is 5.15. The molecule has 110 valence electrons. The molecule has 2 aliphatic carbocycles. The maximum Gasteiger partial charge on any atom is 0.196 e. The SMILES string of the molecule is Cc1cc(=O)c2c(O)cc3c(c2o1)CC1C(O)CCC1C3. The van der Waals surface area contributed by atoms with Gasteiger partial charge in [-0.1, -0.05) is 0 Å². The highest BCUT2D eigenvalue weighted by Crippen LogP contribution is 2.44. The molecule has 1 aromatic heterocycles. The smallest absolute Gasteiger partial charge is 0.196 e. The van der Waals surface area contributed by atoms with Crippen molar-refractivity contribution in [1.82, 2.24) is 0 Å². The molecular weight excluding hydrogens is 268 g/mol. The van der Waals surface area contributed by atoms with Gasteiger partial charge in [0.1, 0.15) is 22.5 Å². The lowest BCUT2D eigenvalue weighted by Crippen LogP contribution is -2.28. The number of aliphatic hydroxyl groups excluding tert-OH is 1. The maximum atomic E-state index is 12.1. The largest absolute Gasteiger partial charge is 0.507 e. The molecule has 0 radical (unpaired) electrons. The molecule has 1 fully saturated rings. The fourth-order valence-corrected chi connectivity index (χ4v) is 4.14. The Balaban J connectivity index is 1.99. The van der Waals surface area contributed by atoms with Crippen LogP contribution in [0.1, 0.15) is 29.7 Å². The van der Waals surface area contributed by atoms with Crippen molar-refractivity contribution in [2.75, 3.05) is 0 Å². The number of phenolic OH excluding ortho intramolecular Hbond substituents is 1. The van der Waals surface area contributed by atoms with Gasteiger partial charge in [-0.15, -0.1) is 0 Å². The molecule has 2 aromatic rings. The van der Waals surface area contributed by atoms with E-state index in [1.165, 1.54) is 6.07 Å². The first-order valence-corrected chi connectivity index (χ1v) is 7.51. The number of aliphatic hydroxyl groups is 1. The Kier molecular flexibility index (Phi) is 2.67. The lowest BCUT2D eigenvalue weighted by molar-refractivity contribution is 0.113. The Morgan fingerprint density at radius 1 is 1.24 bits per heavy atom. The predicted molar refractivity (Wildman–Crippen MR) is 78.5 cm³/mol. The van der Waals surface area contributed by atoms with Crippen molar-refractivity contribution in [3.63, 3.8) is 0 Å². The fourth-order valence-electron chi connectivity index (χ4n) is 4.14. The predicted octanol–water partition coefficient (Wildman–Crippen LogP) is 2.29. The van der Waals surface area contributed by atoms with E-state index in [1.807, 2.05) is 0 Å². The van der Waals surface area contributed by atoms with E-state index in [-0.39, 0.29) is 28.6 Å². The standard InChI is InChI=1S/C17H18O4/c1-8-4-14(19)16-15(20)6-10-5-9-2-3-13(18)11(9)7-12(10)17(16)21-8/h4,6,9,11,13,18,20H,2-3,5,7H2,1H3. The van der Waals surface area contributed by atoms with E-state index in [0.29, 0.717) is 17.3 Å². The Bertz CT molecular complexity index is 789. The number of fused-ring (bicyclic) bond motifs is 4. The minimum absolute atomic E-state index is 0.00879. The Morgan fingerprint density at radius 2 is 2.05 bits per heavy atom. The van der Waals surface area contributed by atoms with E-state index in [4.69, 9.17) is 4.42 Å². The molecule has 0 saturated heterocycles. The maximum absolute atomic E-state index is 12.1. The number of benzene rings is 1. The summed E-state index contributed by atoms with van der Waals surface area (Å²) >= 11 is 0. The van der Waals surface area contributed by atoms with Gasteiger partial charge in [0, 0.05) is 6.07 Å². The van der Waals surface area contributed by atoms with E-state index >= 15 is 0 Å². The normalized spacial score (nSPS) is 27.6. The molecule has 4 nitrogen and oxygen atoms in total. The molecule has 0 amide bonds. The Labute approximate surface area is 122 Å². The summed E-state index contributed by atoms with van der Waals surface area (Å²) in [7, 11) is 0. The first-order chi connectivity index (χ1) is 10.0. The Hall–Kier alpha value is -1.81. The molecule has 1 aromatic carbocycles. The third kappa shape index (κ3) is 1.82. The van der Waals surface area contributed by atoms with E-state index in [0.717, 1.165) is 36.8 Å². The van der Waals surface area contributed by atoms with Crippen LogP contribution in [-0.2, 0) is 12.8 Å². The molecular formula is C17H18O4. The number of aromatic hydroxyl groups is 1. The van der Waals surface area contributed by atoms with Crippen molar-refractivity contribution in [2.45, 2.75) is 38.7 Å². The van der Waals surface area contributed by atoms with Crippen LogP contribution in [0.2, 0.25) is 0 Å². The number of aryl methyl sites for hydroxylation is 1. The molecule has 4 heteroatoms. The van der Waals surface area contributed by atoms with Crippen LogP contribution in [0, 0.1) is 18.8 Å². The van der Waals surface area contributed by atoms with E-state index < -0.39 is 0 Å². The second-order valence-corrected chi connectivity index (χ2v) is 6.44.